The SMILES string of the molecule is c1cc(CN2CCC(c3nnc4n3CCNC4)CC2)cc(OC2CCCC2)c1. The minimum atomic E-state index is 0.426. The molecule has 1 aromatic carbocycles. The van der Waals surface area contributed by atoms with Crippen molar-refractivity contribution in [3.63, 3.8) is 0 Å². The van der Waals surface area contributed by atoms with E-state index >= 15 is 0 Å². The summed E-state index contributed by atoms with van der Waals surface area (Å²) >= 11 is 0. The van der Waals surface area contributed by atoms with Crippen LogP contribution in [0.4, 0.5) is 0 Å². The topological polar surface area (TPSA) is 55.2 Å². The molecule has 1 aromatic heterocycles. The number of likely N-dealkylation sites (tertiary alicyclic amines) is 1. The predicted octanol–water partition coefficient (Wildman–Crippen LogP) is 3.08. The van der Waals surface area contributed by atoms with Gasteiger partial charge < -0.3 is 14.6 Å². The highest BCUT2D eigenvalue weighted by Gasteiger charge is 2.27. The molecule has 0 radical (unpaired) electrons. The van der Waals surface area contributed by atoms with E-state index in [0.717, 1.165) is 50.8 Å². The fraction of sp³-hybridized carbons (Fsp3) is 0.636. The zero-order chi connectivity index (χ0) is 18.8. The minimum absolute atomic E-state index is 0.426. The van der Waals surface area contributed by atoms with Crippen molar-refractivity contribution in [3.8, 4) is 5.75 Å². The molecule has 1 aliphatic carbocycles. The van der Waals surface area contributed by atoms with Crippen LogP contribution in [0.5, 0.6) is 5.75 Å². The van der Waals surface area contributed by atoms with Gasteiger partial charge in [-0.2, -0.15) is 0 Å². The van der Waals surface area contributed by atoms with Gasteiger partial charge in [0.05, 0.1) is 12.6 Å². The summed E-state index contributed by atoms with van der Waals surface area (Å²) in [5, 5.41) is 12.3. The summed E-state index contributed by atoms with van der Waals surface area (Å²) in [6.45, 7) is 6.14. The zero-order valence-electron chi connectivity index (χ0n) is 16.6. The Morgan fingerprint density at radius 2 is 1.89 bits per heavy atom. The number of aromatic nitrogens is 3. The third kappa shape index (κ3) is 3.94. The largest absolute Gasteiger partial charge is 0.490 e. The summed E-state index contributed by atoms with van der Waals surface area (Å²) in [4.78, 5) is 2.57. The van der Waals surface area contributed by atoms with Crippen molar-refractivity contribution < 1.29 is 4.74 Å². The van der Waals surface area contributed by atoms with E-state index in [9.17, 15) is 0 Å². The van der Waals surface area contributed by atoms with Crippen LogP contribution in [0.15, 0.2) is 24.3 Å². The second-order valence-electron chi connectivity index (χ2n) is 8.52. The summed E-state index contributed by atoms with van der Waals surface area (Å²) in [6, 6.07) is 8.72. The van der Waals surface area contributed by atoms with Crippen LogP contribution in [-0.4, -0.2) is 45.4 Å². The van der Waals surface area contributed by atoms with Gasteiger partial charge >= 0.3 is 0 Å². The molecule has 0 spiro atoms. The lowest BCUT2D eigenvalue weighted by molar-refractivity contribution is 0.197. The van der Waals surface area contributed by atoms with Crippen LogP contribution >= 0.6 is 0 Å². The van der Waals surface area contributed by atoms with Gasteiger partial charge in [-0.25, -0.2) is 0 Å². The normalized spacial score (nSPS) is 21.7. The molecule has 6 nitrogen and oxygen atoms in total. The molecule has 6 heteroatoms. The van der Waals surface area contributed by atoms with Gasteiger partial charge in [0.25, 0.3) is 0 Å². The minimum Gasteiger partial charge on any atom is -0.490 e. The van der Waals surface area contributed by atoms with Gasteiger partial charge in [0.2, 0.25) is 0 Å². The Labute approximate surface area is 167 Å². The van der Waals surface area contributed by atoms with Crippen LogP contribution in [-0.2, 0) is 19.6 Å². The molecule has 0 unspecified atom stereocenters. The van der Waals surface area contributed by atoms with E-state index in [1.54, 1.807) is 0 Å². The Morgan fingerprint density at radius 3 is 2.75 bits per heavy atom. The van der Waals surface area contributed by atoms with Crippen molar-refractivity contribution in [3.05, 3.63) is 41.5 Å². The standard InChI is InChI=1S/C22H31N5O/c1-2-6-19(5-1)28-20-7-3-4-17(14-20)16-26-11-8-18(9-12-26)22-25-24-21-15-23-10-13-27(21)22/h3-4,7,14,18-19,23H,1-2,5-6,8-13,15-16H2. The number of benzene rings is 1. The molecule has 0 amide bonds. The molecular weight excluding hydrogens is 350 g/mol. The monoisotopic (exact) mass is 381 g/mol. The number of ether oxygens (including phenoxy) is 1. The maximum Gasteiger partial charge on any atom is 0.147 e. The quantitative estimate of drug-likeness (QED) is 0.863. The van der Waals surface area contributed by atoms with E-state index in [0.29, 0.717) is 12.0 Å². The molecule has 1 saturated carbocycles. The Bertz CT molecular complexity index is 790. The van der Waals surface area contributed by atoms with E-state index < -0.39 is 0 Å². The van der Waals surface area contributed by atoms with Gasteiger partial charge in [-0.15, -0.1) is 10.2 Å². The summed E-state index contributed by atoms with van der Waals surface area (Å²) < 4.78 is 8.53. The maximum absolute atomic E-state index is 6.18. The van der Waals surface area contributed by atoms with Crippen LogP contribution in [0.25, 0.3) is 0 Å². The fourth-order valence-electron chi connectivity index (χ4n) is 4.94. The number of fused-ring (bicyclic) bond motifs is 1. The summed E-state index contributed by atoms with van der Waals surface area (Å²) in [6.07, 6.45) is 7.81. The number of nitrogens with one attached hydrogen (secondary N) is 1. The van der Waals surface area contributed by atoms with Crippen molar-refractivity contribution in [2.75, 3.05) is 19.6 Å². The molecule has 28 heavy (non-hydrogen) atoms. The number of piperidine rings is 1. The van der Waals surface area contributed by atoms with Crippen molar-refractivity contribution in [2.24, 2.45) is 0 Å². The van der Waals surface area contributed by atoms with Gasteiger partial charge in [-0.3, -0.25) is 4.90 Å². The molecule has 1 saturated heterocycles. The van der Waals surface area contributed by atoms with Crippen LogP contribution in [0.1, 0.15) is 61.7 Å². The van der Waals surface area contributed by atoms with Crippen LogP contribution in [0, 0.1) is 0 Å². The third-order valence-corrected chi connectivity index (χ3v) is 6.51. The highest BCUT2D eigenvalue weighted by molar-refractivity contribution is 5.29. The maximum atomic E-state index is 6.18. The molecule has 0 atom stereocenters. The number of rotatable bonds is 5. The first-order chi connectivity index (χ1) is 13.8. The number of hydrogen-bond acceptors (Lipinski definition) is 5. The lowest BCUT2D eigenvalue weighted by atomic mass is 9.95. The second-order valence-corrected chi connectivity index (χ2v) is 8.52. The molecule has 150 valence electrons. The summed E-state index contributed by atoms with van der Waals surface area (Å²) in [5.74, 6) is 3.90. The first-order valence-corrected chi connectivity index (χ1v) is 11.0. The Hall–Kier alpha value is -1.92. The van der Waals surface area contributed by atoms with E-state index in [-0.39, 0.29) is 0 Å². The van der Waals surface area contributed by atoms with E-state index in [2.05, 4.69) is 49.2 Å². The van der Waals surface area contributed by atoms with Crippen LogP contribution < -0.4 is 10.1 Å². The average molecular weight is 382 g/mol. The molecule has 3 heterocycles. The molecule has 1 N–H and O–H groups in total. The van der Waals surface area contributed by atoms with E-state index in [1.165, 1.54) is 49.9 Å². The average Bonchev–Trinajstić information content (AvgIpc) is 3.39. The molecule has 3 aliphatic rings. The highest BCUT2D eigenvalue weighted by Crippen LogP contribution is 2.29. The van der Waals surface area contributed by atoms with Gasteiger partial charge in [-0.1, -0.05) is 12.1 Å². The summed E-state index contributed by atoms with van der Waals surface area (Å²) in [7, 11) is 0. The first-order valence-electron chi connectivity index (χ1n) is 11.0. The Morgan fingerprint density at radius 1 is 1.04 bits per heavy atom. The Balaban J connectivity index is 1.17. The van der Waals surface area contributed by atoms with Crippen molar-refractivity contribution in [1.29, 1.82) is 0 Å². The third-order valence-electron chi connectivity index (χ3n) is 6.51. The van der Waals surface area contributed by atoms with Gasteiger partial charge in [0, 0.05) is 25.6 Å². The molecule has 2 aromatic rings. The van der Waals surface area contributed by atoms with Crippen molar-refractivity contribution >= 4 is 0 Å². The smallest absolute Gasteiger partial charge is 0.147 e. The molecule has 2 aliphatic heterocycles. The van der Waals surface area contributed by atoms with Gasteiger partial charge in [-0.05, 0) is 69.3 Å². The predicted molar refractivity (Wildman–Crippen MR) is 108 cm³/mol. The van der Waals surface area contributed by atoms with Crippen LogP contribution in [0.2, 0.25) is 0 Å². The van der Waals surface area contributed by atoms with Crippen molar-refractivity contribution in [2.45, 2.75) is 70.2 Å². The number of hydrogen-bond donors (Lipinski definition) is 1. The highest BCUT2D eigenvalue weighted by atomic mass is 16.5. The lowest BCUT2D eigenvalue weighted by Crippen LogP contribution is -2.34. The van der Waals surface area contributed by atoms with Crippen LogP contribution in [0.3, 0.4) is 0 Å². The molecular formula is C22H31N5O. The van der Waals surface area contributed by atoms with Gasteiger partial charge in [0.1, 0.15) is 17.4 Å². The fourth-order valence-corrected chi connectivity index (χ4v) is 4.94. The molecule has 0 bridgehead atoms. The zero-order valence-corrected chi connectivity index (χ0v) is 16.6. The first kappa shape index (κ1) is 18.1. The summed E-state index contributed by atoms with van der Waals surface area (Å²) in [5.41, 5.74) is 1.36. The van der Waals surface area contributed by atoms with Crippen molar-refractivity contribution in [1.82, 2.24) is 25.0 Å². The molecule has 5 rings (SSSR count). The van der Waals surface area contributed by atoms with Gasteiger partial charge in [0.15, 0.2) is 0 Å². The second kappa shape index (κ2) is 8.21. The lowest BCUT2D eigenvalue weighted by Gasteiger charge is -2.32. The van der Waals surface area contributed by atoms with E-state index in [4.69, 9.17) is 4.74 Å². The molecule has 2 fully saturated rings. The Kier molecular flexibility index (Phi) is 5.32. The number of nitrogens with zero attached hydrogens (tertiary/aromatic N) is 4. The van der Waals surface area contributed by atoms with E-state index in [1.807, 2.05) is 0 Å².